The van der Waals surface area contributed by atoms with Crippen LogP contribution in [-0.2, 0) is 6.42 Å². The molecule has 2 N–H and O–H groups in total. The third-order valence-electron chi connectivity index (χ3n) is 3.37. The SMILES string of the molecule is O=C(NC1CC1)c1ccc(NCCc2ccccc2)nn1. The fraction of sp³-hybridized carbons (Fsp3) is 0.312. The minimum absolute atomic E-state index is 0.138. The number of carbonyl (C=O) groups is 1. The molecule has 1 amide bonds. The third-order valence-corrected chi connectivity index (χ3v) is 3.37. The second-order valence-electron chi connectivity index (χ2n) is 5.21. The van der Waals surface area contributed by atoms with Gasteiger partial charge in [-0.25, -0.2) is 0 Å². The average Bonchev–Trinajstić information content (AvgIpc) is 3.33. The van der Waals surface area contributed by atoms with E-state index in [2.05, 4.69) is 33.0 Å². The fourth-order valence-corrected chi connectivity index (χ4v) is 2.01. The highest BCUT2D eigenvalue weighted by molar-refractivity contribution is 5.92. The lowest BCUT2D eigenvalue weighted by molar-refractivity contribution is 0.0945. The van der Waals surface area contributed by atoms with Crippen molar-refractivity contribution < 1.29 is 4.79 Å². The van der Waals surface area contributed by atoms with Crippen molar-refractivity contribution in [3.8, 4) is 0 Å². The van der Waals surface area contributed by atoms with E-state index in [0.717, 1.165) is 25.8 Å². The Labute approximate surface area is 123 Å². The summed E-state index contributed by atoms with van der Waals surface area (Å²) in [6, 6.07) is 14.1. The number of amides is 1. The predicted molar refractivity (Wildman–Crippen MR) is 81.2 cm³/mol. The Morgan fingerprint density at radius 2 is 1.90 bits per heavy atom. The average molecular weight is 282 g/mol. The summed E-state index contributed by atoms with van der Waals surface area (Å²) in [6.45, 7) is 0.784. The van der Waals surface area contributed by atoms with Crippen molar-refractivity contribution in [3.63, 3.8) is 0 Å². The van der Waals surface area contributed by atoms with Crippen LogP contribution in [0.3, 0.4) is 0 Å². The maximum Gasteiger partial charge on any atom is 0.272 e. The second-order valence-corrected chi connectivity index (χ2v) is 5.21. The van der Waals surface area contributed by atoms with Gasteiger partial charge in [0, 0.05) is 12.6 Å². The van der Waals surface area contributed by atoms with Crippen LogP contribution in [0, 0.1) is 0 Å². The van der Waals surface area contributed by atoms with Crippen molar-refractivity contribution in [1.82, 2.24) is 15.5 Å². The Bertz CT molecular complexity index is 593. The Kier molecular flexibility index (Phi) is 4.09. The van der Waals surface area contributed by atoms with Gasteiger partial charge in [0.05, 0.1) is 0 Å². The van der Waals surface area contributed by atoms with Gasteiger partial charge >= 0.3 is 0 Å². The zero-order chi connectivity index (χ0) is 14.5. The monoisotopic (exact) mass is 282 g/mol. The Morgan fingerprint density at radius 1 is 1.10 bits per heavy atom. The van der Waals surface area contributed by atoms with Crippen LogP contribution < -0.4 is 10.6 Å². The molecular weight excluding hydrogens is 264 g/mol. The van der Waals surface area contributed by atoms with Crippen molar-refractivity contribution in [2.45, 2.75) is 25.3 Å². The highest BCUT2D eigenvalue weighted by Gasteiger charge is 2.24. The molecule has 5 heteroatoms. The van der Waals surface area contributed by atoms with Crippen LogP contribution in [0.5, 0.6) is 0 Å². The lowest BCUT2D eigenvalue weighted by atomic mass is 10.1. The molecule has 5 nitrogen and oxygen atoms in total. The van der Waals surface area contributed by atoms with E-state index in [9.17, 15) is 4.79 Å². The number of hydrogen-bond donors (Lipinski definition) is 2. The van der Waals surface area contributed by atoms with Crippen molar-refractivity contribution in [2.75, 3.05) is 11.9 Å². The largest absolute Gasteiger partial charge is 0.368 e. The molecule has 21 heavy (non-hydrogen) atoms. The van der Waals surface area contributed by atoms with Crippen molar-refractivity contribution in [1.29, 1.82) is 0 Å². The standard InChI is InChI=1S/C16H18N4O/c21-16(18-13-6-7-13)14-8-9-15(20-19-14)17-11-10-12-4-2-1-3-5-12/h1-5,8-9,13H,6-7,10-11H2,(H,17,20)(H,18,21). The minimum atomic E-state index is -0.138. The normalized spacial score (nSPS) is 13.7. The first-order valence-corrected chi connectivity index (χ1v) is 7.23. The molecule has 1 heterocycles. The molecular formula is C16H18N4O. The smallest absolute Gasteiger partial charge is 0.272 e. The Hall–Kier alpha value is -2.43. The van der Waals surface area contributed by atoms with E-state index in [-0.39, 0.29) is 5.91 Å². The maximum atomic E-state index is 11.8. The summed E-state index contributed by atoms with van der Waals surface area (Å²) in [5, 5.41) is 14.1. The van der Waals surface area contributed by atoms with E-state index in [1.54, 1.807) is 12.1 Å². The lowest BCUT2D eigenvalue weighted by Crippen LogP contribution is -2.26. The van der Waals surface area contributed by atoms with E-state index >= 15 is 0 Å². The quantitative estimate of drug-likeness (QED) is 0.850. The van der Waals surface area contributed by atoms with Gasteiger partial charge in [-0.1, -0.05) is 30.3 Å². The molecule has 1 fully saturated rings. The van der Waals surface area contributed by atoms with Gasteiger partial charge in [0.25, 0.3) is 5.91 Å². The number of benzene rings is 1. The van der Waals surface area contributed by atoms with Crippen molar-refractivity contribution in [3.05, 3.63) is 53.7 Å². The summed E-state index contributed by atoms with van der Waals surface area (Å²) < 4.78 is 0. The van der Waals surface area contributed by atoms with Crippen LogP contribution in [-0.4, -0.2) is 28.7 Å². The summed E-state index contributed by atoms with van der Waals surface area (Å²) >= 11 is 0. The minimum Gasteiger partial charge on any atom is -0.368 e. The van der Waals surface area contributed by atoms with Crippen LogP contribution in [0.2, 0.25) is 0 Å². The van der Waals surface area contributed by atoms with E-state index in [1.165, 1.54) is 5.56 Å². The molecule has 0 atom stereocenters. The Morgan fingerprint density at radius 3 is 2.57 bits per heavy atom. The molecule has 1 aromatic carbocycles. The van der Waals surface area contributed by atoms with Crippen LogP contribution in [0.1, 0.15) is 28.9 Å². The predicted octanol–water partition coefficient (Wildman–Crippen LogP) is 2.02. The van der Waals surface area contributed by atoms with E-state index < -0.39 is 0 Å². The van der Waals surface area contributed by atoms with Gasteiger partial charge in [-0.2, -0.15) is 0 Å². The molecule has 0 radical (unpaired) electrons. The molecule has 1 aromatic heterocycles. The van der Waals surface area contributed by atoms with Crippen LogP contribution >= 0.6 is 0 Å². The number of carbonyl (C=O) groups excluding carboxylic acids is 1. The number of hydrogen-bond acceptors (Lipinski definition) is 4. The van der Waals surface area contributed by atoms with Crippen LogP contribution in [0.4, 0.5) is 5.82 Å². The summed E-state index contributed by atoms with van der Waals surface area (Å²) in [4.78, 5) is 11.8. The molecule has 2 aromatic rings. The summed E-state index contributed by atoms with van der Waals surface area (Å²) in [6.07, 6.45) is 3.06. The van der Waals surface area contributed by atoms with E-state index in [1.807, 2.05) is 18.2 Å². The highest BCUT2D eigenvalue weighted by Crippen LogP contribution is 2.19. The summed E-state index contributed by atoms with van der Waals surface area (Å²) in [7, 11) is 0. The van der Waals surface area contributed by atoms with Gasteiger partial charge in [-0.3, -0.25) is 4.79 Å². The van der Waals surface area contributed by atoms with Gasteiger partial charge in [0.15, 0.2) is 5.69 Å². The number of nitrogens with zero attached hydrogens (tertiary/aromatic N) is 2. The zero-order valence-electron chi connectivity index (χ0n) is 11.7. The Balaban J connectivity index is 1.48. The number of nitrogens with one attached hydrogen (secondary N) is 2. The van der Waals surface area contributed by atoms with Gasteiger partial charge < -0.3 is 10.6 Å². The van der Waals surface area contributed by atoms with E-state index in [4.69, 9.17) is 0 Å². The molecule has 0 spiro atoms. The molecule has 1 aliphatic rings. The molecule has 0 saturated heterocycles. The first-order valence-electron chi connectivity index (χ1n) is 7.23. The number of aromatic nitrogens is 2. The first kappa shape index (κ1) is 13.5. The summed E-state index contributed by atoms with van der Waals surface area (Å²) in [5.74, 6) is 0.551. The molecule has 0 aliphatic heterocycles. The van der Waals surface area contributed by atoms with Crippen molar-refractivity contribution in [2.24, 2.45) is 0 Å². The van der Waals surface area contributed by atoms with E-state index in [0.29, 0.717) is 17.6 Å². The van der Waals surface area contributed by atoms with Gasteiger partial charge in [-0.05, 0) is 37.0 Å². The molecule has 0 bridgehead atoms. The zero-order valence-corrected chi connectivity index (χ0v) is 11.7. The van der Waals surface area contributed by atoms with Crippen molar-refractivity contribution >= 4 is 11.7 Å². The van der Waals surface area contributed by atoms with Crippen LogP contribution in [0.25, 0.3) is 0 Å². The maximum absolute atomic E-state index is 11.8. The first-order chi connectivity index (χ1) is 10.3. The molecule has 0 unspecified atom stereocenters. The number of anilines is 1. The third kappa shape index (κ3) is 4.02. The fourth-order valence-electron chi connectivity index (χ4n) is 2.01. The van der Waals surface area contributed by atoms with Gasteiger partial charge in [-0.15, -0.1) is 10.2 Å². The second kappa shape index (κ2) is 6.35. The summed E-state index contributed by atoms with van der Waals surface area (Å²) in [5.41, 5.74) is 1.65. The molecule has 1 saturated carbocycles. The van der Waals surface area contributed by atoms with Crippen LogP contribution in [0.15, 0.2) is 42.5 Å². The molecule has 1 aliphatic carbocycles. The van der Waals surface area contributed by atoms with Gasteiger partial charge in [0.1, 0.15) is 5.82 Å². The topological polar surface area (TPSA) is 66.9 Å². The molecule has 3 rings (SSSR count). The highest BCUT2D eigenvalue weighted by atomic mass is 16.2. The lowest BCUT2D eigenvalue weighted by Gasteiger charge is -2.06. The van der Waals surface area contributed by atoms with Gasteiger partial charge in [0.2, 0.25) is 0 Å². The molecule has 108 valence electrons. The number of rotatable bonds is 6.